The molecule has 11 heteroatoms. The minimum absolute atomic E-state index is 0. The second-order valence-electron chi connectivity index (χ2n) is 7.41. The molecule has 0 bridgehead atoms. The van der Waals surface area contributed by atoms with Crippen molar-refractivity contribution in [3.05, 3.63) is 47.0 Å². The smallest absolute Gasteiger partial charge is 0.435 e. The highest BCUT2D eigenvalue weighted by Crippen LogP contribution is 2.31. The van der Waals surface area contributed by atoms with Gasteiger partial charge in [0.1, 0.15) is 0 Å². The molecule has 3 rings (SSSR count). The fraction of sp³-hybridized carbons (Fsp3) is 0.500. The zero-order chi connectivity index (χ0) is 21.9. The van der Waals surface area contributed by atoms with Crippen molar-refractivity contribution in [2.24, 2.45) is 18.0 Å². The molecular weight excluding hydrogens is 529 g/mol. The Hall–Kier alpha value is -2.05. The van der Waals surface area contributed by atoms with Crippen molar-refractivity contribution in [2.75, 3.05) is 13.7 Å². The van der Waals surface area contributed by atoms with Crippen LogP contribution in [0, 0.1) is 11.7 Å². The number of rotatable bonds is 7. The summed E-state index contributed by atoms with van der Waals surface area (Å²) in [6.07, 6.45) is -0.988. The molecule has 172 valence electrons. The summed E-state index contributed by atoms with van der Waals surface area (Å²) in [6, 6.07) is 4.39. The highest BCUT2D eigenvalue weighted by atomic mass is 127. The molecule has 2 N–H and O–H groups in total. The number of aliphatic imine (C=N–C) groups is 1. The van der Waals surface area contributed by atoms with Crippen LogP contribution in [0.4, 0.5) is 17.6 Å². The third-order valence-electron chi connectivity index (χ3n) is 4.82. The summed E-state index contributed by atoms with van der Waals surface area (Å²) in [6.45, 7) is 2.21. The van der Waals surface area contributed by atoms with E-state index >= 15 is 0 Å². The van der Waals surface area contributed by atoms with Crippen LogP contribution in [0.15, 0.2) is 29.4 Å². The van der Waals surface area contributed by atoms with Gasteiger partial charge in [0.15, 0.2) is 23.2 Å². The third kappa shape index (κ3) is 6.97. The largest absolute Gasteiger partial charge is 0.490 e. The highest BCUT2D eigenvalue weighted by Gasteiger charge is 2.36. The second-order valence-corrected chi connectivity index (χ2v) is 7.41. The standard InChI is InChI=1S/C20H25F4N5O.HI/c1-12(14-6-7-17(16(21)8-14)30-11-13-4-5-13)27-19(25-2)26-9-15-10-29(3)28-18(15)20(22,23)24;/h6-8,10,12-13H,4-5,9,11H2,1-3H3,(H2,25,26,27);1H. The zero-order valence-electron chi connectivity index (χ0n) is 17.5. The Morgan fingerprint density at radius 1 is 1.35 bits per heavy atom. The predicted molar refractivity (Wildman–Crippen MR) is 120 cm³/mol. The van der Waals surface area contributed by atoms with Gasteiger partial charge in [-0.05, 0) is 43.4 Å². The third-order valence-corrected chi connectivity index (χ3v) is 4.82. The molecule has 1 aromatic heterocycles. The molecule has 1 aliphatic rings. The van der Waals surface area contributed by atoms with Gasteiger partial charge in [-0.25, -0.2) is 4.39 Å². The lowest BCUT2D eigenvalue weighted by molar-refractivity contribution is -0.142. The van der Waals surface area contributed by atoms with Crippen LogP contribution < -0.4 is 15.4 Å². The van der Waals surface area contributed by atoms with Crippen molar-refractivity contribution in [3.8, 4) is 5.75 Å². The highest BCUT2D eigenvalue weighted by molar-refractivity contribution is 14.0. The van der Waals surface area contributed by atoms with Crippen molar-refractivity contribution in [1.29, 1.82) is 0 Å². The zero-order valence-corrected chi connectivity index (χ0v) is 19.8. The molecule has 0 spiro atoms. The van der Waals surface area contributed by atoms with Crippen molar-refractivity contribution in [2.45, 2.75) is 38.5 Å². The molecule has 1 saturated carbocycles. The van der Waals surface area contributed by atoms with E-state index in [2.05, 4.69) is 20.7 Å². The van der Waals surface area contributed by atoms with E-state index in [0.29, 0.717) is 18.1 Å². The molecule has 2 aromatic rings. The summed E-state index contributed by atoms with van der Waals surface area (Å²) in [7, 11) is 2.94. The summed E-state index contributed by atoms with van der Waals surface area (Å²) in [5, 5.41) is 9.37. The molecule has 31 heavy (non-hydrogen) atoms. The fourth-order valence-electron chi connectivity index (χ4n) is 2.96. The molecule has 0 radical (unpaired) electrons. The van der Waals surface area contributed by atoms with Crippen LogP contribution >= 0.6 is 24.0 Å². The number of hydrogen-bond acceptors (Lipinski definition) is 3. The maximum absolute atomic E-state index is 14.3. The number of hydrogen-bond donors (Lipinski definition) is 2. The average Bonchev–Trinajstić information content (AvgIpc) is 3.43. The number of benzene rings is 1. The Morgan fingerprint density at radius 3 is 2.65 bits per heavy atom. The fourth-order valence-corrected chi connectivity index (χ4v) is 2.96. The second kappa shape index (κ2) is 10.5. The minimum atomic E-state index is -4.54. The van der Waals surface area contributed by atoms with Gasteiger partial charge < -0.3 is 15.4 Å². The molecule has 0 saturated heterocycles. The SMILES string of the molecule is CN=C(NCc1cn(C)nc1C(F)(F)F)NC(C)c1ccc(OCC2CC2)c(F)c1.I. The molecule has 6 nitrogen and oxygen atoms in total. The number of aryl methyl sites for hydroxylation is 1. The molecule has 0 aliphatic heterocycles. The van der Waals surface area contributed by atoms with Gasteiger partial charge in [-0.2, -0.15) is 18.3 Å². The van der Waals surface area contributed by atoms with Crippen LogP contribution in [0.5, 0.6) is 5.75 Å². The van der Waals surface area contributed by atoms with Crippen LogP contribution in [0.25, 0.3) is 0 Å². The number of guanidine groups is 1. The normalized spacial score (nSPS) is 15.3. The summed E-state index contributed by atoms with van der Waals surface area (Å²) in [4.78, 5) is 4.03. The molecule has 1 fully saturated rings. The minimum Gasteiger partial charge on any atom is -0.490 e. The number of ether oxygens (including phenoxy) is 1. The maximum atomic E-state index is 14.3. The molecule has 1 heterocycles. The van der Waals surface area contributed by atoms with E-state index in [9.17, 15) is 17.6 Å². The van der Waals surface area contributed by atoms with E-state index in [1.807, 2.05) is 0 Å². The van der Waals surface area contributed by atoms with Crippen LogP contribution in [0.3, 0.4) is 0 Å². The van der Waals surface area contributed by atoms with Crippen molar-refractivity contribution in [1.82, 2.24) is 20.4 Å². The van der Waals surface area contributed by atoms with Crippen molar-refractivity contribution >= 4 is 29.9 Å². The topological polar surface area (TPSA) is 63.5 Å². The lowest BCUT2D eigenvalue weighted by Crippen LogP contribution is -2.38. The first-order valence-corrected chi connectivity index (χ1v) is 9.66. The Bertz CT molecular complexity index is 911. The quantitative estimate of drug-likeness (QED) is 0.230. The van der Waals surface area contributed by atoms with Gasteiger partial charge in [0.05, 0.1) is 12.6 Å². The van der Waals surface area contributed by atoms with E-state index in [1.165, 1.54) is 26.4 Å². The van der Waals surface area contributed by atoms with Gasteiger partial charge in [-0.1, -0.05) is 6.07 Å². The molecule has 0 amide bonds. The van der Waals surface area contributed by atoms with Crippen molar-refractivity contribution < 1.29 is 22.3 Å². The number of nitrogens with one attached hydrogen (secondary N) is 2. The Balaban J connectivity index is 0.00000341. The first-order chi connectivity index (χ1) is 14.2. The maximum Gasteiger partial charge on any atom is 0.435 e. The van der Waals surface area contributed by atoms with Gasteiger partial charge >= 0.3 is 6.18 Å². The van der Waals surface area contributed by atoms with Crippen LogP contribution in [-0.4, -0.2) is 29.4 Å². The summed E-state index contributed by atoms with van der Waals surface area (Å²) in [5.41, 5.74) is -0.278. The van der Waals surface area contributed by atoms with Gasteiger partial charge in [-0.3, -0.25) is 9.67 Å². The molecule has 1 aliphatic carbocycles. The van der Waals surface area contributed by atoms with E-state index in [4.69, 9.17) is 4.74 Å². The average molecular weight is 555 g/mol. The molecule has 1 atom stereocenters. The molecule has 1 aromatic carbocycles. The Labute approximate surface area is 195 Å². The van der Waals surface area contributed by atoms with E-state index in [1.54, 1.807) is 19.1 Å². The van der Waals surface area contributed by atoms with E-state index in [-0.39, 0.29) is 53.8 Å². The van der Waals surface area contributed by atoms with Gasteiger partial charge in [0.2, 0.25) is 0 Å². The first kappa shape index (κ1) is 25.2. The predicted octanol–water partition coefficient (Wildman–Crippen LogP) is 4.41. The van der Waals surface area contributed by atoms with Crippen LogP contribution in [0.2, 0.25) is 0 Å². The number of halogens is 5. The summed E-state index contributed by atoms with van der Waals surface area (Å²) < 4.78 is 60.2. The van der Waals surface area contributed by atoms with Gasteiger partial charge in [0.25, 0.3) is 0 Å². The van der Waals surface area contributed by atoms with Gasteiger partial charge in [0, 0.05) is 32.4 Å². The number of aromatic nitrogens is 2. The van der Waals surface area contributed by atoms with Crippen molar-refractivity contribution in [3.63, 3.8) is 0 Å². The lowest BCUT2D eigenvalue weighted by Gasteiger charge is -2.19. The number of nitrogens with zero attached hydrogens (tertiary/aromatic N) is 3. The summed E-state index contributed by atoms with van der Waals surface area (Å²) in [5.74, 6) is 0.581. The Morgan fingerprint density at radius 2 is 2.06 bits per heavy atom. The monoisotopic (exact) mass is 555 g/mol. The molecular formula is C20H26F4IN5O. The van der Waals surface area contributed by atoms with Crippen LogP contribution in [-0.2, 0) is 19.8 Å². The van der Waals surface area contributed by atoms with Gasteiger partial charge in [-0.15, -0.1) is 24.0 Å². The number of alkyl halides is 3. The first-order valence-electron chi connectivity index (χ1n) is 9.66. The van der Waals surface area contributed by atoms with Crippen LogP contribution in [0.1, 0.15) is 42.6 Å². The summed E-state index contributed by atoms with van der Waals surface area (Å²) >= 11 is 0. The van der Waals surface area contributed by atoms with E-state index in [0.717, 1.165) is 17.5 Å². The molecule has 1 unspecified atom stereocenters. The lowest BCUT2D eigenvalue weighted by atomic mass is 10.1. The van der Waals surface area contributed by atoms with E-state index < -0.39 is 17.7 Å². The Kier molecular flexibility index (Phi) is 8.55.